The molecule has 0 radical (unpaired) electrons. The zero-order valence-electron chi connectivity index (χ0n) is 19.7. The van der Waals surface area contributed by atoms with Crippen LogP contribution < -0.4 is 10.2 Å². The van der Waals surface area contributed by atoms with Gasteiger partial charge in [-0.05, 0) is 31.2 Å². The maximum absolute atomic E-state index is 13.4. The Labute approximate surface area is 200 Å². The Morgan fingerprint density at radius 2 is 1.74 bits per heavy atom. The van der Waals surface area contributed by atoms with Gasteiger partial charge in [0.1, 0.15) is 0 Å². The van der Waals surface area contributed by atoms with Crippen molar-refractivity contribution in [2.45, 2.75) is 19.6 Å². The maximum atomic E-state index is 13.4. The van der Waals surface area contributed by atoms with Gasteiger partial charge in [-0.3, -0.25) is 14.7 Å². The minimum absolute atomic E-state index is 0.118. The van der Waals surface area contributed by atoms with Gasteiger partial charge >= 0.3 is 0 Å². The summed E-state index contributed by atoms with van der Waals surface area (Å²) in [5.41, 5.74) is 7.00. The van der Waals surface area contributed by atoms with Crippen molar-refractivity contribution in [1.29, 1.82) is 0 Å². The maximum Gasteiger partial charge on any atom is 0.264 e. The SMILES string of the molecule is Cc1cccc2c1NC(=O)C(N(C)Cc1ccccc1N1CCOCC1)N=C2c1ccccc1. The number of morpholine rings is 1. The van der Waals surface area contributed by atoms with Crippen LogP contribution in [-0.4, -0.2) is 56.0 Å². The predicted octanol–water partition coefficient (Wildman–Crippen LogP) is 4.08. The average molecular weight is 455 g/mol. The van der Waals surface area contributed by atoms with Crippen LogP contribution in [0.3, 0.4) is 0 Å². The van der Waals surface area contributed by atoms with Crippen LogP contribution in [0.15, 0.2) is 77.8 Å². The number of ether oxygens (including phenoxy) is 1. The number of anilines is 2. The number of benzene rings is 3. The molecule has 2 aliphatic rings. The third-order valence-corrected chi connectivity index (χ3v) is 6.49. The molecule has 0 saturated carbocycles. The predicted molar refractivity (Wildman–Crippen MR) is 137 cm³/mol. The molecule has 5 rings (SSSR count). The van der Waals surface area contributed by atoms with Crippen LogP contribution in [0, 0.1) is 6.92 Å². The second kappa shape index (κ2) is 9.79. The fourth-order valence-electron chi connectivity index (χ4n) is 4.71. The molecule has 2 aliphatic heterocycles. The van der Waals surface area contributed by atoms with Gasteiger partial charge in [0.15, 0.2) is 6.17 Å². The zero-order valence-corrected chi connectivity index (χ0v) is 19.7. The van der Waals surface area contributed by atoms with Crippen molar-refractivity contribution in [3.8, 4) is 0 Å². The molecule has 1 N–H and O–H groups in total. The van der Waals surface area contributed by atoms with Crippen molar-refractivity contribution in [1.82, 2.24) is 4.90 Å². The molecule has 0 aliphatic carbocycles. The lowest BCUT2D eigenvalue weighted by Crippen LogP contribution is -2.41. The number of carbonyl (C=O) groups is 1. The fourth-order valence-corrected chi connectivity index (χ4v) is 4.71. The summed E-state index contributed by atoms with van der Waals surface area (Å²) in [6, 6.07) is 24.6. The van der Waals surface area contributed by atoms with E-state index in [0.29, 0.717) is 6.54 Å². The van der Waals surface area contributed by atoms with Gasteiger partial charge in [0.25, 0.3) is 5.91 Å². The van der Waals surface area contributed by atoms with Crippen molar-refractivity contribution >= 4 is 23.0 Å². The highest BCUT2D eigenvalue weighted by Gasteiger charge is 2.30. The van der Waals surface area contributed by atoms with E-state index in [4.69, 9.17) is 9.73 Å². The van der Waals surface area contributed by atoms with Gasteiger partial charge in [0.05, 0.1) is 24.6 Å². The number of nitrogens with one attached hydrogen (secondary N) is 1. The summed E-state index contributed by atoms with van der Waals surface area (Å²) in [4.78, 5) is 22.9. The number of nitrogens with zero attached hydrogens (tertiary/aromatic N) is 3. The number of carbonyl (C=O) groups excluding carboxylic acids is 1. The van der Waals surface area contributed by atoms with Gasteiger partial charge in [0, 0.05) is 36.4 Å². The zero-order chi connectivity index (χ0) is 23.5. The molecule has 34 heavy (non-hydrogen) atoms. The van der Waals surface area contributed by atoms with Gasteiger partial charge in [-0.25, -0.2) is 0 Å². The topological polar surface area (TPSA) is 57.2 Å². The van der Waals surface area contributed by atoms with Gasteiger partial charge in [-0.15, -0.1) is 0 Å². The Morgan fingerprint density at radius 3 is 2.53 bits per heavy atom. The molecule has 1 unspecified atom stereocenters. The highest BCUT2D eigenvalue weighted by Crippen LogP contribution is 2.29. The molecule has 174 valence electrons. The van der Waals surface area contributed by atoms with E-state index in [2.05, 4.69) is 34.5 Å². The number of benzodiazepines with no additional fused rings is 1. The minimum Gasteiger partial charge on any atom is -0.378 e. The first-order valence-electron chi connectivity index (χ1n) is 11.8. The summed E-state index contributed by atoms with van der Waals surface area (Å²) in [7, 11) is 1.97. The highest BCUT2D eigenvalue weighted by atomic mass is 16.5. The van der Waals surface area contributed by atoms with Crippen LogP contribution in [0.1, 0.15) is 22.3 Å². The van der Waals surface area contributed by atoms with Crippen molar-refractivity contribution in [3.63, 3.8) is 0 Å². The molecule has 0 bridgehead atoms. The van der Waals surface area contributed by atoms with E-state index in [1.165, 1.54) is 11.3 Å². The lowest BCUT2D eigenvalue weighted by molar-refractivity contribution is -0.120. The lowest BCUT2D eigenvalue weighted by Gasteiger charge is -2.32. The Kier molecular flexibility index (Phi) is 6.43. The molecule has 1 saturated heterocycles. The second-order valence-electron chi connectivity index (χ2n) is 8.85. The van der Waals surface area contributed by atoms with Crippen LogP contribution in [0.5, 0.6) is 0 Å². The Balaban J connectivity index is 1.50. The molecule has 6 nitrogen and oxygen atoms in total. The summed E-state index contributed by atoms with van der Waals surface area (Å²) < 4.78 is 5.54. The van der Waals surface area contributed by atoms with Gasteiger partial charge < -0.3 is 15.0 Å². The number of hydrogen-bond acceptors (Lipinski definition) is 5. The van der Waals surface area contributed by atoms with Crippen LogP contribution >= 0.6 is 0 Å². The monoisotopic (exact) mass is 454 g/mol. The van der Waals surface area contributed by atoms with Crippen molar-refractivity contribution < 1.29 is 9.53 Å². The van der Waals surface area contributed by atoms with E-state index < -0.39 is 6.17 Å². The number of para-hydroxylation sites is 2. The summed E-state index contributed by atoms with van der Waals surface area (Å²) in [5, 5.41) is 3.16. The van der Waals surface area contributed by atoms with E-state index in [-0.39, 0.29) is 5.91 Å². The third-order valence-electron chi connectivity index (χ3n) is 6.49. The smallest absolute Gasteiger partial charge is 0.264 e. The number of amides is 1. The first kappa shape index (κ1) is 22.3. The van der Waals surface area contributed by atoms with E-state index in [1.807, 2.05) is 67.4 Å². The summed E-state index contributed by atoms with van der Waals surface area (Å²) in [6.45, 7) is 5.83. The Hall–Kier alpha value is -3.48. The molecular formula is C28H30N4O2. The van der Waals surface area contributed by atoms with Crippen molar-refractivity contribution in [2.75, 3.05) is 43.6 Å². The van der Waals surface area contributed by atoms with Crippen LogP contribution in [0.2, 0.25) is 0 Å². The van der Waals surface area contributed by atoms with Crippen LogP contribution in [0.4, 0.5) is 11.4 Å². The van der Waals surface area contributed by atoms with Crippen LogP contribution in [0.25, 0.3) is 0 Å². The van der Waals surface area contributed by atoms with E-state index in [0.717, 1.165) is 54.4 Å². The molecule has 1 fully saturated rings. The second-order valence-corrected chi connectivity index (χ2v) is 8.85. The van der Waals surface area contributed by atoms with E-state index in [9.17, 15) is 4.79 Å². The number of rotatable bonds is 5. The van der Waals surface area contributed by atoms with Crippen LogP contribution in [-0.2, 0) is 16.1 Å². The molecule has 2 heterocycles. The van der Waals surface area contributed by atoms with Gasteiger partial charge in [-0.2, -0.15) is 0 Å². The largest absolute Gasteiger partial charge is 0.378 e. The quantitative estimate of drug-likeness (QED) is 0.631. The Morgan fingerprint density at radius 1 is 1.00 bits per heavy atom. The fraction of sp³-hybridized carbons (Fsp3) is 0.286. The third kappa shape index (κ3) is 4.47. The minimum atomic E-state index is -0.653. The van der Waals surface area contributed by atoms with Gasteiger partial charge in [0.2, 0.25) is 0 Å². The van der Waals surface area contributed by atoms with Crippen molar-refractivity contribution in [3.05, 3.63) is 95.1 Å². The molecule has 1 atom stereocenters. The standard InChI is InChI=1S/C28H30N4O2/c1-20-9-8-13-23-25(20)30-28(33)27(29-26(23)21-10-4-3-5-11-21)31(2)19-22-12-6-7-14-24(22)32-15-17-34-18-16-32/h3-14,27H,15-19H2,1-2H3,(H,30,33). The highest BCUT2D eigenvalue weighted by molar-refractivity contribution is 6.20. The molecule has 3 aromatic rings. The first-order chi connectivity index (χ1) is 16.6. The van der Waals surface area contributed by atoms with E-state index >= 15 is 0 Å². The van der Waals surface area contributed by atoms with Crippen molar-refractivity contribution in [2.24, 2.45) is 4.99 Å². The number of aryl methyl sites for hydroxylation is 1. The molecule has 0 spiro atoms. The molecule has 0 aromatic heterocycles. The molecular weight excluding hydrogens is 424 g/mol. The lowest BCUT2D eigenvalue weighted by atomic mass is 9.98. The van der Waals surface area contributed by atoms with E-state index in [1.54, 1.807) is 0 Å². The summed E-state index contributed by atoms with van der Waals surface area (Å²) >= 11 is 0. The summed E-state index contributed by atoms with van der Waals surface area (Å²) in [6.07, 6.45) is -0.653. The average Bonchev–Trinajstić information content (AvgIpc) is 3.02. The molecule has 1 amide bonds. The summed E-state index contributed by atoms with van der Waals surface area (Å²) in [5.74, 6) is -0.118. The number of likely N-dealkylation sites (N-methyl/N-ethyl adjacent to an activating group) is 1. The van der Waals surface area contributed by atoms with Gasteiger partial charge in [-0.1, -0.05) is 66.7 Å². The molecule has 3 aromatic carbocycles. The first-order valence-corrected chi connectivity index (χ1v) is 11.8. The number of hydrogen-bond donors (Lipinski definition) is 1. The number of aliphatic imine (C=N–C) groups is 1. The molecule has 6 heteroatoms. The normalized spacial score (nSPS) is 18.2. The number of fused-ring (bicyclic) bond motifs is 1. The Bertz CT molecular complexity index is 1200.